The Morgan fingerprint density at radius 2 is 2.10 bits per heavy atom. The SMILES string of the molecule is CC1CN(CC(=O)NCCN2C(=O)S/C(=C\c3ccccc3Cl)C2=O)CC(C)(C)O1. The number of benzene rings is 1. The maximum absolute atomic E-state index is 12.6. The van der Waals surface area contributed by atoms with Crippen LogP contribution in [0.3, 0.4) is 0 Å². The van der Waals surface area contributed by atoms with E-state index in [0.717, 1.165) is 16.7 Å². The van der Waals surface area contributed by atoms with Crippen molar-refractivity contribution in [2.75, 3.05) is 32.7 Å². The van der Waals surface area contributed by atoms with Gasteiger partial charge in [-0.25, -0.2) is 0 Å². The lowest BCUT2D eigenvalue weighted by atomic mass is 10.1. The normalized spacial score (nSPS) is 23.3. The molecule has 0 spiro atoms. The highest BCUT2D eigenvalue weighted by Gasteiger charge is 2.35. The summed E-state index contributed by atoms with van der Waals surface area (Å²) in [5.41, 5.74) is 0.383. The Morgan fingerprint density at radius 1 is 1.37 bits per heavy atom. The van der Waals surface area contributed by atoms with Crippen molar-refractivity contribution in [1.82, 2.24) is 15.1 Å². The fraction of sp³-hybridized carbons (Fsp3) is 0.476. The summed E-state index contributed by atoms with van der Waals surface area (Å²) < 4.78 is 5.85. The van der Waals surface area contributed by atoms with Crippen LogP contribution in [0, 0.1) is 0 Å². The predicted molar refractivity (Wildman–Crippen MR) is 118 cm³/mol. The van der Waals surface area contributed by atoms with Gasteiger partial charge in [-0.15, -0.1) is 0 Å². The topological polar surface area (TPSA) is 79.0 Å². The summed E-state index contributed by atoms with van der Waals surface area (Å²) in [5.74, 6) is -0.513. The predicted octanol–water partition coefficient (Wildman–Crippen LogP) is 2.99. The average Bonchev–Trinajstić information content (AvgIpc) is 2.89. The Kier molecular flexibility index (Phi) is 7.23. The molecule has 2 aliphatic rings. The molecule has 1 aromatic rings. The van der Waals surface area contributed by atoms with Crippen molar-refractivity contribution in [3.63, 3.8) is 0 Å². The van der Waals surface area contributed by atoms with Crippen molar-refractivity contribution in [3.05, 3.63) is 39.8 Å². The van der Waals surface area contributed by atoms with E-state index in [2.05, 4.69) is 10.2 Å². The monoisotopic (exact) mass is 451 g/mol. The number of carbonyl (C=O) groups excluding carboxylic acids is 3. The third-order valence-corrected chi connectivity index (χ3v) is 5.98. The number of hydrogen-bond donors (Lipinski definition) is 1. The van der Waals surface area contributed by atoms with Crippen LogP contribution in [0.15, 0.2) is 29.2 Å². The van der Waals surface area contributed by atoms with Crippen LogP contribution >= 0.6 is 23.4 Å². The van der Waals surface area contributed by atoms with E-state index in [1.807, 2.05) is 26.8 Å². The van der Waals surface area contributed by atoms with Gasteiger partial charge in [0.05, 0.1) is 23.2 Å². The first-order chi connectivity index (χ1) is 14.1. The number of rotatable bonds is 6. The summed E-state index contributed by atoms with van der Waals surface area (Å²) in [4.78, 5) is 40.6. The first-order valence-electron chi connectivity index (χ1n) is 9.81. The lowest BCUT2D eigenvalue weighted by Crippen LogP contribution is -2.54. The van der Waals surface area contributed by atoms with Crippen LogP contribution in [0.1, 0.15) is 26.3 Å². The second-order valence-electron chi connectivity index (χ2n) is 8.06. The first kappa shape index (κ1) is 22.8. The van der Waals surface area contributed by atoms with Crippen LogP contribution < -0.4 is 5.32 Å². The Balaban J connectivity index is 1.50. The zero-order valence-corrected chi connectivity index (χ0v) is 18.9. The highest BCUT2D eigenvalue weighted by atomic mass is 35.5. The van der Waals surface area contributed by atoms with Crippen molar-refractivity contribution in [2.45, 2.75) is 32.5 Å². The minimum Gasteiger partial charge on any atom is -0.370 e. The van der Waals surface area contributed by atoms with Gasteiger partial charge in [-0.1, -0.05) is 29.8 Å². The summed E-state index contributed by atoms with van der Waals surface area (Å²) in [7, 11) is 0. The van der Waals surface area contributed by atoms with Crippen molar-refractivity contribution >= 4 is 46.5 Å². The lowest BCUT2D eigenvalue weighted by molar-refractivity contribution is -0.139. The largest absolute Gasteiger partial charge is 0.370 e. The van der Waals surface area contributed by atoms with Crippen LogP contribution in [0.4, 0.5) is 4.79 Å². The third kappa shape index (κ3) is 5.85. The molecule has 0 saturated carbocycles. The van der Waals surface area contributed by atoms with Gasteiger partial charge in [-0.3, -0.25) is 24.2 Å². The molecule has 0 aliphatic carbocycles. The molecule has 1 atom stereocenters. The van der Waals surface area contributed by atoms with Gasteiger partial charge < -0.3 is 10.1 Å². The number of morpholine rings is 1. The number of nitrogens with zero attached hydrogens (tertiary/aromatic N) is 2. The van der Waals surface area contributed by atoms with Crippen LogP contribution in [0.5, 0.6) is 0 Å². The van der Waals surface area contributed by atoms with E-state index in [1.54, 1.807) is 24.3 Å². The summed E-state index contributed by atoms with van der Waals surface area (Å²) in [6.45, 7) is 7.94. The Morgan fingerprint density at radius 3 is 2.80 bits per heavy atom. The second kappa shape index (κ2) is 9.51. The Labute approximate surface area is 185 Å². The number of nitrogens with one attached hydrogen (secondary N) is 1. The summed E-state index contributed by atoms with van der Waals surface area (Å²) in [6, 6.07) is 7.12. The van der Waals surface area contributed by atoms with E-state index in [4.69, 9.17) is 16.3 Å². The molecule has 3 amide bonds. The van der Waals surface area contributed by atoms with Crippen LogP contribution in [-0.2, 0) is 14.3 Å². The molecule has 1 unspecified atom stereocenters. The van der Waals surface area contributed by atoms with Gasteiger partial charge in [-0.05, 0) is 50.2 Å². The Bertz CT molecular complexity index is 874. The number of halogens is 1. The van der Waals surface area contributed by atoms with Gasteiger partial charge in [0, 0.05) is 31.2 Å². The van der Waals surface area contributed by atoms with E-state index in [1.165, 1.54) is 0 Å². The van der Waals surface area contributed by atoms with Crippen LogP contribution in [-0.4, -0.2) is 71.3 Å². The molecule has 2 aliphatic heterocycles. The summed E-state index contributed by atoms with van der Waals surface area (Å²) >= 11 is 7.00. The van der Waals surface area contributed by atoms with Gasteiger partial charge in [0.1, 0.15) is 0 Å². The smallest absolute Gasteiger partial charge is 0.293 e. The van der Waals surface area contributed by atoms with Crippen molar-refractivity contribution < 1.29 is 19.1 Å². The Hall–Kier alpha value is -1.87. The minimum absolute atomic E-state index is 0.0572. The number of amides is 3. The molecule has 9 heteroatoms. The van der Waals surface area contributed by atoms with E-state index in [9.17, 15) is 14.4 Å². The van der Waals surface area contributed by atoms with Crippen LogP contribution in [0.2, 0.25) is 5.02 Å². The molecule has 0 radical (unpaired) electrons. The molecule has 2 fully saturated rings. The fourth-order valence-corrected chi connectivity index (χ4v) is 4.74. The molecular formula is C21H26ClN3O4S. The van der Waals surface area contributed by atoms with E-state index < -0.39 is 0 Å². The van der Waals surface area contributed by atoms with Gasteiger partial charge in [0.2, 0.25) is 5.91 Å². The average molecular weight is 452 g/mol. The fourth-order valence-electron chi connectivity index (χ4n) is 3.70. The van der Waals surface area contributed by atoms with Crippen molar-refractivity contribution in [2.24, 2.45) is 0 Å². The number of ether oxygens (including phenoxy) is 1. The second-order valence-corrected chi connectivity index (χ2v) is 9.46. The van der Waals surface area contributed by atoms with Crippen molar-refractivity contribution in [3.8, 4) is 0 Å². The molecule has 1 N–H and O–H groups in total. The number of carbonyl (C=O) groups is 3. The molecule has 0 aromatic heterocycles. The molecular weight excluding hydrogens is 426 g/mol. The molecule has 30 heavy (non-hydrogen) atoms. The molecule has 2 saturated heterocycles. The molecule has 7 nitrogen and oxygen atoms in total. The molecule has 0 bridgehead atoms. The number of imide groups is 1. The van der Waals surface area contributed by atoms with Crippen LogP contribution in [0.25, 0.3) is 6.08 Å². The third-order valence-electron chi connectivity index (χ3n) is 4.73. The quantitative estimate of drug-likeness (QED) is 0.670. The van der Waals surface area contributed by atoms with E-state index >= 15 is 0 Å². The van der Waals surface area contributed by atoms with Gasteiger partial charge in [-0.2, -0.15) is 0 Å². The standard InChI is InChI=1S/C21H26ClN3O4S/c1-14-11-24(13-21(2,3)29-14)12-18(26)23-8-9-25-19(27)17(30-20(25)28)10-15-6-4-5-7-16(15)22/h4-7,10,14H,8-9,11-13H2,1-3H3,(H,23,26)/b17-10-. The summed E-state index contributed by atoms with van der Waals surface area (Å²) in [6.07, 6.45) is 1.68. The molecule has 3 rings (SSSR count). The highest BCUT2D eigenvalue weighted by molar-refractivity contribution is 8.18. The van der Waals surface area contributed by atoms with Gasteiger partial charge in [0.15, 0.2) is 0 Å². The zero-order valence-electron chi connectivity index (χ0n) is 17.3. The highest BCUT2D eigenvalue weighted by Crippen LogP contribution is 2.33. The number of thioether (sulfide) groups is 1. The summed E-state index contributed by atoms with van der Waals surface area (Å²) in [5, 5.41) is 2.96. The molecule has 2 heterocycles. The molecule has 162 valence electrons. The minimum atomic E-state index is -0.372. The van der Waals surface area contributed by atoms with Gasteiger partial charge >= 0.3 is 0 Å². The maximum atomic E-state index is 12.6. The maximum Gasteiger partial charge on any atom is 0.293 e. The molecule has 1 aromatic carbocycles. The lowest BCUT2D eigenvalue weighted by Gasteiger charge is -2.41. The van der Waals surface area contributed by atoms with Crippen molar-refractivity contribution in [1.29, 1.82) is 0 Å². The first-order valence-corrected chi connectivity index (χ1v) is 11.0. The van der Waals surface area contributed by atoms with Gasteiger partial charge in [0.25, 0.3) is 11.1 Å². The zero-order chi connectivity index (χ0) is 21.9. The van der Waals surface area contributed by atoms with E-state index in [-0.39, 0.29) is 48.4 Å². The van der Waals surface area contributed by atoms with E-state index in [0.29, 0.717) is 28.6 Å². The number of hydrogen-bond acceptors (Lipinski definition) is 6.